The van der Waals surface area contributed by atoms with Crippen LogP contribution < -0.4 is 15.2 Å². The summed E-state index contributed by atoms with van der Waals surface area (Å²) in [7, 11) is 0. The van der Waals surface area contributed by atoms with E-state index in [0.29, 0.717) is 11.8 Å². The zero-order valence-electron chi connectivity index (χ0n) is 11.5. The fourth-order valence-corrected chi connectivity index (χ4v) is 2.46. The standard InChI is InChI=1S/C15H12N4O2S/c20-19(21)13-8-6-12(7-9-13)18-10-16-14(17-15(18)22)11-4-2-1-3-5-11/h1-9H,10H2,(H,16,17,22)/p+1. The van der Waals surface area contributed by atoms with E-state index in [9.17, 15) is 10.1 Å². The van der Waals surface area contributed by atoms with Gasteiger partial charge in [0.1, 0.15) is 0 Å². The van der Waals surface area contributed by atoms with Crippen LogP contribution in [0.3, 0.4) is 0 Å². The van der Waals surface area contributed by atoms with Crippen LogP contribution in [0.1, 0.15) is 5.56 Å². The molecule has 6 nitrogen and oxygen atoms in total. The number of rotatable bonds is 3. The highest BCUT2D eigenvalue weighted by atomic mass is 32.1. The molecule has 7 heteroatoms. The van der Waals surface area contributed by atoms with E-state index in [-0.39, 0.29) is 5.69 Å². The third kappa shape index (κ3) is 2.79. The molecule has 0 saturated heterocycles. The van der Waals surface area contributed by atoms with Gasteiger partial charge >= 0.3 is 0 Å². The van der Waals surface area contributed by atoms with Crippen molar-refractivity contribution in [2.75, 3.05) is 11.6 Å². The SMILES string of the molecule is O=[N+]([O-])c1ccc(N2C[NH+]=C(c3ccccc3)NC2=S)cc1. The van der Waals surface area contributed by atoms with Crippen molar-refractivity contribution in [2.45, 2.75) is 0 Å². The van der Waals surface area contributed by atoms with Crippen LogP contribution in [0.25, 0.3) is 0 Å². The number of amidine groups is 1. The number of nitro groups is 1. The number of thiocarbonyl (C=S) groups is 1. The molecule has 0 amide bonds. The molecule has 1 aliphatic heterocycles. The summed E-state index contributed by atoms with van der Waals surface area (Å²) in [5, 5.41) is 14.4. The van der Waals surface area contributed by atoms with E-state index in [2.05, 4.69) is 10.3 Å². The Morgan fingerprint density at radius 2 is 1.82 bits per heavy atom. The Hall–Kier alpha value is -2.80. The van der Waals surface area contributed by atoms with E-state index in [4.69, 9.17) is 12.2 Å². The molecule has 2 aromatic rings. The highest BCUT2D eigenvalue weighted by Crippen LogP contribution is 2.19. The van der Waals surface area contributed by atoms with Crippen LogP contribution in [-0.2, 0) is 0 Å². The molecule has 0 saturated carbocycles. The molecule has 2 aromatic carbocycles. The van der Waals surface area contributed by atoms with Crippen molar-refractivity contribution in [3.05, 3.63) is 70.3 Å². The average molecular weight is 313 g/mol. The van der Waals surface area contributed by atoms with Crippen LogP contribution in [0.2, 0.25) is 0 Å². The Labute approximate surface area is 132 Å². The Morgan fingerprint density at radius 3 is 2.41 bits per heavy atom. The van der Waals surface area contributed by atoms with Crippen LogP contribution in [0.4, 0.5) is 11.4 Å². The molecule has 0 atom stereocenters. The maximum Gasteiger partial charge on any atom is 0.283 e. The van der Waals surface area contributed by atoms with E-state index in [0.717, 1.165) is 17.1 Å². The first-order valence-corrected chi connectivity index (χ1v) is 7.05. The largest absolute Gasteiger partial charge is 0.283 e. The highest BCUT2D eigenvalue weighted by molar-refractivity contribution is 7.80. The maximum atomic E-state index is 10.7. The Balaban J connectivity index is 1.81. The first kappa shape index (κ1) is 14.2. The molecule has 0 aliphatic carbocycles. The zero-order chi connectivity index (χ0) is 15.5. The Bertz CT molecular complexity index is 744. The van der Waals surface area contributed by atoms with Gasteiger partial charge in [-0.3, -0.25) is 20.0 Å². The summed E-state index contributed by atoms with van der Waals surface area (Å²) in [6.45, 7) is 0.494. The molecule has 2 N–H and O–H groups in total. The molecule has 0 unspecified atom stereocenters. The molecule has 1 aliphatic rings. The summed E-state index contributed by atoms with van der Waals surface area (Å²) in [6, 6.07) is 16.1. The van der Waals surface area contributed by atoms with Gasteiger partial charge in [-0.2, -0.15) is 0 Å². The molecule has 0 radical (unpaired) electrons. The smallest absolute Gasteiger partial charge is 0.262 e. The predicted octanol–water partition coefficient (Wildman–Crippen LogP) is 0.774. The van der Waals surface area contributed by atoms with E-state index in [1.54, 1.807) is 12.1 Å². The molecule has 0 fully saturated rings. The normalized spacial score (nSPS) is 14.3. The van der Waals surface area contributed by atoms with E-state index >= 15 is 0 Å². The second kappa shape index (κ2) is 5.90. The minimum Gasteiger partial charge on any atom is -0.262 e. The van der Waals surface area contributed by atoms with Crippen molar-refractivity contribution in [3.63, 3.8) is 0 Å². The molecule has 110 valence electrons. The van der Waals surface area contributed by atoms with Gasteiger partial charge in [-0.05, 0) is 36.5 Å². The van der Waals surface area contributed by atoms with E-state index in [1.807, 2.05) is 35.2 Å². The van der Waals surface area contributed by atoms with Gasteiger partial charge in [0.05, 0.1) is 10.5 Å². The fraction of sp³-hybridized carbons (Fsp3) is 0.0667. The molecular formula is C15H13N4O2S+. The third-order valence-corrected chi connectivity index (χ3v) is 3.65. The van der Waals surface area contributed by atoms with Crippen molar-refractivity contribution in [1.82, 2.24) is 5.32 Å². The minimum absolute atomic E-state index is 0.0594. The first-order chi connectivity index (χ1) is 10.6. The first-order valence-electron chi connectivity index (χ1n) is 6.64. The Kier molecular flexibility index (Phi) is 3.80. The van der Waals surface area contributed by atoms with Crippen LogP contribution in [0.5, 0.6) is 0 Å². The Morgan fingerprint density at radius 1 is 1.14 bits per heavy atom. The van der Waals surface area contributed by atoms with Gasteiger partial charge in [0.15, 0.2) is 6.67 Å². The molecule has 0 bridgehead atoms. The summed E-state index contributed by atoms with van der Waals surface area (Å²) in [5.41, 5.74) is 1.88. The minimum atomic E-state index is -0.421. The number of nitro benzene ring substituents is 1. The second-order valence-corrected chi connectivity index (χ2v) is 5.09. The number of hydrogen-bond acceptors (Lipinski definition) is 3. The second-order valence-electron chi connectivity index (χ2n) is 4.71. The molecular weight excluding hydrogens is 300 g/mol. The van der Waals surface area contributed by atoms with Crippen LogP contribution in [-0.4, -0.2) is 22.5 Å². The predicted molar refractivity (Wildman–Crippen MR) is 87.7 cm³/mol. The van der Waals surface area contributed by atoms with Crippen molar-refractivity contribution < 1.29 is 9.92 Å². The number of non-ortho nitro benzene ring substituents is 1. The third-order valence-electron chi connectivity index (χ3n) is 3.33. The monoisotopic (exact) mass is 313 g/mol. The molecule has 3 rings (SSSR count). The average Bonchev–Trinajstić information content (AvgIpc) is 2.56. The van der Waals surface area contributed by atoms with E-state index in [1.165, 1.54) is 12.1 Å². The van der Waals surface area contributed by atoms with Crippen LogP contribution in [0.15, 0.2) is 54.6 Å². The summed E-state index contributed by atoms with van der Waals surface area (Å²) >= 11 is 5.39. The summed E-state index contributed by atoms with van der Waals surface area (Å²) in [6.07, 6.45) is 0. The van der Waals surface area contributed by atoms with Crippen LogP contribution in [0, 0.1) is 10.1 Å². The number of nitrogens with zero attached hydrogens (tertiary/aromatic N) is 2. The highest BCUT2D eigenvalue weighted by Gasteiger charge is 2.25. The lowest BCUT2D eigenvalue weighted by molar-refractivity contribution is -0.457. The quantitative estimate of drug-likeness (QED) is 0.498. The van der Waals surface area contributed by atoms with Crippen molar-refractivity contribution in [2.24, 2.45) is 0 Å². The molecule has 0 aromatic heterocycles. The molecule has 1 heterocycles. The number of nitrogens with one attached hydrogen (secondary N) is 2. The van der Waals surface area contributed by atoms with Crippen molar-refractivity contribution in [1.29, 1.82) is 0 Å². The van der Waals surface area contributed by atoms with Crippen molar-refractivity contribution >= 4 is 34.5 Å². The number of anilines is 1. The fourth-order valence-electron chi connectivity index (χ4n) is 2.19. The van der Waals surface area contributed by atoms with Crippen LogP contribution >= 0.6 is 12.2 Å². The topological polar surface area (TPSA) is 72.4 Å². The lowest BCUT2D eigenvalue weighted by Gasteiger charge is -2.24. The number of hydrogen-bond donors (Lipinski definition) is 2. The lowest BCUT2D eigenvalue weighted by atomic mass is 10.2. The van der Waals surface area contributed by atoms with Gasteiger partial charge < -0.3 is 0 Å². The van der Waals surface area contributed by atoms with Gasteiger partial charge in [0.2, 0.25) is 0 Å². The summed E-state index contributed by atoms with van der Waals surface area (Å²) in [4.78, 5) is 15.4. The molecule has 0 spiro atoms. The summed E-state index contributed by atoms with van der Waals surface area (Å²) < 4.78 is 0. The van der Waals surface area contributed by atoms with Gasteiger partial charge in [-0.1, -0.05) is 18.2 Å². The van der Waals surface area contributed by atoms with Gasteiger partial charge in [-0.25, -0.2) is 5.32 Å². The van der Waals surface area contributed by atoms with Gasteiger partial charge in [-0.15, -0.1) is 0 Å². The van der Waals surface area contributed by atoms with Gasteiger partial charge in [0.25, 0.3) is 16.6 Å². The summed E-state index contributed by atoms with van der Waals surface area (Å²) in [5.74, 6) is 0.851. The number of benzene rings is 2. The lowest BCUT2D eigenvalue weighted by Crippen LogP contribution is -2.85. The molecule has 22 heavy (non-hydrogen) atoms. The maximum absolute atomic E-state index is 10.7. The zero-order valence-corrected chi connectivity index (χ0v) is 12.3. The van der Waals surface area contributed by atoms with E-state index < -0.39 is 4.92 Å². The van der Waals surface area contributed by atoms with Gasteiger partial charge in [0, 0.05) is 17.8 Å². The van der Waals surface area contributed by atoms with Crippen molar-refractivity contribution in [3.8, 4) is 0 Å².